The van der Waals surface area contributed by atoms with Crippen molar-refractivity contribution in [2.24, 2.45) is 11.8 Å². The summed E-state index contributed by atoms with van der Waals surface area (Å²) in [6.07, 6.45) is 3.65. The fourth-order valence-corrected chi connectivity index (χ4v) is 4.15. The van der Waals surface area contributed by atoms with Crippen molar-refractivity contribution < 1.29 is 28.5 Å². The standard InChI is InChI=1S/C20H20O6/c1-4-5-13-9-20(23-3)11(2)16(17(18(13)21)19(22)26-20)12-6-7-14-15(8-12)25-10-24-14/h4,6-9,11,16-17H,1,5,10H2,2-3H3/t11-,16+,17-,20-/m1/s1. The highest BCUT2D eigenvalue weighted by atomic mass is 16.7. The zero-order valence-corrected chi connectivity index (χ0v) is 14.7. The first-order chi connectivity index (χ1) is 12.5. The number of ketones is 1. The summed E-state index contributed by atoms with van der Waals surface area (Å²) < 4.78 is 22.1. The van der Waals surface area contributed by atoms with E-state index in [0.717, 1.165) is 5.56 Å². The van der Waals surface area contributed by atoms with Gasteiger partial charge in [0.15, 0.2) is 17.3 Å². The van der Waals surface area contributed by atoms with Gasteiger partial charge in [0, 0.05) is 24.5 Å². The molecule has 136 valence electrons. The van der Waals surface area contributed by atoms with Gasteiger partial charge >= 0.3 is 5.97 Å². The van der Waals surface area contributed by atoms with Crippen LogP contribution in [0.3, 0.4) is 0 Å². The zero-order valence-electron chi connectivity index (χ0n) is 14.7. The van der Waals surface area contributed by atoms with Gasteiger partial charge in [-0.3, -0.25) is 9.59 Å². The highest BCUT2D eigenvalue weighted by molar-refractivity contribution is 6.10. The first kappa shape index (κ1) is 16.8. The van der Waals surface area contributed by atoms with E-state index in [1.54, 1.807) is 18.2 Å². The summed E-state index contributed by atoms with van der Waals surface area (Å²) in [6, 6.07) is 5.50. The van der Waals surface area contributed by atoms with Crippen molar-refractivity contribution in [3.05, 3.63) is 48.1 Å². The monoisotopic (exact) mass is 356 g/mol. The Balaban J connectivity index is 1.85. The van der Waals surface area contributed by atoms with Gasteiger partial charge in [0.05, 0.1) is 0 Å². The van der Waals surface area contributed by atoms with Gasteiger partial charge in [-0.25, -0.2) is 0 Å². The molecule has 0 unspecified atom stereocenters. The van der Waals surface area contributed by atoms with E-state index in [1.807, 2.05) is 19.1 Å². The number of carbonyl (C=O) groups excluding carboxylic acids is 2. The van der Waals surface area contributed by atoms with Crippen LogP contribution in [0.1, 0.15) is 24.8 Å². The number of esters is 1. The van der Waals surface area contributed by atoms with Gasteiger partial charge in [0.25, 0.3) is 0 Å². The van der Waals surface area contributed by atoms with Crippen LogP contribution in [0.15, 0.2) is 42.5 Å². The summed E-state index contributed by atoms with van der Waals surface area (Å²) in [6.45, 7) is 5.80. The Morgan fingerprint density at radius 3 is 2.81 bits per heavy atom. The molecule has 1 fully saturated rings. The molecule has 2 bridgehead atoms. The Labute approximate surface area is 151 Å². The molecule has 0 spiro atoms. The SMILES string of the molecule is C=CCC1=C[C@@]2(OC)OC(=O)[C@@H](C1=O)[C@H](c1ccc3c(c1)OCO3)[C@H]2C. The van der Waals surface area contributed by atoms with Crippen molar-refractivity contribution in [1.82, 2.24) is 0 Å². The van der Waals surface area contributed by atoms with E-state index in [4.69, 9.17) is 18.9 Å². The molecule has 1 saturated heterocycles. The average molecular weight is 356 g/mol. The maximum absolute atomic E-state index is 13.1. The molecule has 1 aliphatic carbocycles. The van der Waals surface area contributed by atoms with Crippen molar-refractivity contribution in [1.29, 1.82) is 0 Å². The van der Waals surface area contributed by atoms with E-state index < -0.39 is 23.6 Å². The molecular formula is C20H20O6. The van der Waals surface area contributed by atoms with Crippen LogP contribution >= 0.6 is 0 Å². The maximum Gasteiger partial charge on any atom is 0.320 e. The van der Waals surface area contributed by atoms with Gasteiger partial charge in [-0.2, -0.15) is 0 Å². The number of Topliss-reactive ketones (excluding diaryl/α,β-unsaturated/α-hetero) is 1. The fraction of sp³-hybridized carbons (Fsp3) is 0.400. The van der Waals surface area contributed by atoms with Gasteiger partial charge in [-0.15, -0.1) is 6.58 Å². The van der Waals surface area contributed by atoms with Crippen LogP contribution in [0.25, 0.3) is 0 Å². The number of rotatable bonds is 4. The number of hydrogen-bond acceptors (Lipinski definition) is 6. The first-order valence-corrected chi connectivity index (χ1v) is 8.55. The molecule has 6 nitrogen and oxygen atoms in total. The third kappa shape index (κ3) is 2.29. The molecular weight excluding hydrogens is 336 g/mol. The predicted molar refractivity (Wildman–Crippen MR) is 91.7 cm³/mol. The molecule has 0 radical (unpaired) electrons. The molecule has 26 heavy (non-hydrogen) atoms. The number of carbonyl (C=O) groups is 2. The molecule has 1 aromatic rings. The van der Waals surface area contributed by atoms with Crippen molar-refractivity contribution in [2.45, 2.75) is 25.0 Å². The van der Waals surface area contributed by atoms with Gasteiger partial charge in [0.2, 0.25) is 12.6 Å². The normalized spacial score (nSPS) is 32.1. The van der Waals surface area contributed by atoms with Gasteiger partial charge < -0.3 is 18.9 Å². The molecule has 3 heterocycles. The number of hydrogen-bond donors (Lipinski definition) is 0. The molecule has 0 saturated carbocycles. The minimum atomic E-state index is -1.28. The molecule has 1 aromatic carbocycles. The van der Waals surface area contributed by atoms with Crippen LogP contribution < -0.4 is 9.47 Å². The van der Waals surface area contributed by atoms with E-state index in [9.17, 15) is 9.59 Å². The van der Waals surface area contributed by atoms with Crippen LogP contribution in [-0.2, 0) is 19.1 Å². The maximum atomic E-state index is 13.1. The Bertz CT molecular complexity index is 826. The third-order valence-electron chi connectivity index (χ3n) is 5.49. The van der Waals surface area contributed by atoms with Crippen LogP contribution in [-0.4, -0.2) is 31.4 Å². The Morgan fingerprint density at radius 2 is 2.08 bits per heavy atom. The lowest BCUT2D eigenvalue weighted by atomic mass is 9.72. The zero-order chi connectivity index (χ0) is 18.5. The Morgan fingerprint density at radius 1 is 1.31 bits per heavy atom. The lowest BCUT2D eigenvalue weighted by molar-refractivity contribution is -0.239. The molecule has 5 rings (SSSR count). The van der Waals surface area contributed by atoms with Gasteiger partial charge in [-0.1, -0.05) is 19.1 Å². The summed E-state index contributed by atoms with van der Waals surface area (Å²) in [7, 11) is 1.48. The molecule has 4 atom stereocenters. The second-order valence-corrected chi connectivity index (χ2v) is 6.78. The van der Waals surface area contributed by atoms with E-state index in [-0.39, 0.29) is 18.5 Å². The second kappa shape index (κ2) is 5.99. The molecule has 3 aliphatic heterocycles. The topological polar surface area (TPSA) is 71.1 Å². The lowest BCUT2D eigenvalue weighted by Crippen LogP contribution is -2.52. The summed E-state index contributed by atoms with van der Waals surface area (Å²) in [5.74, 6) is -2.38. The van der Waals surface area contributed by atoms with Crippen LogP contribution in [0.4, 0.5) is 0 Å². The number of ether oxygens (including phenoxy) is 4. The minimum Gasteiger partial charge on any atom is -0.454 e. The summed E-state index contributed by atoms with van der Waals surface area (Å²) in [5.41, 5.74) is 1.32. The third-order valence-corrected chi connectivity index (χ3v) is 5.49. The summed E-state index contributed by atoms with van der Waals surface area (Å²) >= 11 is 0. The predicted octanol–water partition coefficient (Wildman–Crippen LogP) is 2.74. The average Bonchev–Trinajstić information content (AvgIpc) is 3.04. The van der Waals surface area contributed by atoms with Crippen LogP contribution in [0, 0.1) is 11.8 Å². The Kier molecular flexibility index (Phi) is 3.88. The Hall–Kier alpha value is -2.60. The van der Waals surface area contributed by atoms with E-state index in [1.165, 1.54) is 7.11 Å². The van der Waals surface area contributed by atoms with Crippen molar-refractivity contribution in [3.8, 4) is 11.5 Å². The molecule has 4 aliphatic rings. The summed E-state index contributed by atoms with van der Waals surface area (Å²) in [5, 5.41) is 0. The van der Waals surface area contributed by atoms with Crippen LogP contribution in [0.2, 0.25) is 0 Å². The fourth-order valence-electron chi connectivity index (χ4n) is 4.15. The largest absolute Gasteiger partial charge is 0.454 e. The molecule has 6 heteroatoms. The first-order valence-electron chi connectivity index (χ1n) is 8.55. The van der Waals surface area contributed by atoms with E-state index in [0.29, 0.717) is 23.5 Å². The highest BCUT2D eigenvalue weighted by Crippen LogP contribution is 2.51. The van der Waals surface area contributed by atoms with Crippen molar-refractivity contribution in [3.63, 3.8) is 0 Å². The van der Waals surface area contributed by atoms with E-state index in [2.05, 4.69) is 6.58 Å². The number of fused-ring (bicyclic) bond motifs is 4. The van der Waals surface area contributed by atoms with Crippen molar-refractivity contribution in [2.75, 3.05) is 13.9 Å². The second-order valence-electron chi connectivity index (χ2n) is 6.78. The smallest absolute Gasteiger partial charge is 0.320 e. The van der Waals surface area contributed by atoms with Crippen LogP contribution in [0.5, 0.6) is 11.5 Å². The highest BCUT2D eigenvalue weighted by Gasteiger charge is 2.58. The molecule has 0 aromatic heterocycles. The van der Waals surface area contributed by atoms with Crippen molar-refractivity contribution >= 4 is 11.8 Å². The van der Waals surface area contributed by atoms with Gasteiger partial charge in [0.1, 0.15) is 5.92 Å². The quantitative estimate of drug-likeness (QED) is 0.469. The molecule has 0 N–H and O–H groups in total. The number of benzene rings is 1. The lowest BCUT2D eigenvalue weighted by Gasteiger charge is -2.43. The van der Waals surface area contributed by atoms with E-state index >= 15 is 0 Å². The number of allylic oxidation sites excluding steroid dienone is 2. The summed E-state index contributed by atoms with van der Waals surface area (Å²) in [4.78, 5) is 25.8. The minimum absolute atomic E-state index is 0.163. The number of methoxy groups -OCH3 is 1. The van der Waals surface area contributed by atoms with Gasteiger partial charge in [-0.05, 0) is 30.2 Å². The molecule has 0 amide bonds.